The summed E-state index contributed by atoms with van der Waals surface area (Å²) in [6.07, 6.45) is 2.09. The molecule has 102 valence electrons. The number of nitriles is 2. The van der Waals surface area contributed by atoms with E-state index in [0.717, 1.165) is 29.4 Å². The fraction of sp³-hybridized carbons (Fsp3) is 0.400. The number of thioether (sulfide) groups is 1. The highest BCUT2D eigenvalue weighted by atomic mass is 32.2. The summed E-state index contributed by atoms with van der Waals surface area (Å²) in [6.45, 7) is 4.31. The van der Waals surface area contributed by atoms with Crippen LogP contribution in [0.4, 0.5) is 5.69 Å². The lowest BCUT2D eigenvalue weighted by atomic mass is 9.97. The third kappa shape index (κ3) is 3.12. The van der Waals surface area contributed by atoms with Gasteiger partial charge in [0.25, 0.3) is 0 Å². The summed E-state index contributed by atoms with van der Waals surface area (Å²) in [5.74, 6) is 1.04. The van der Waals surface area contributed by atoms with Crippen LogP contribution >= 0.6 is 11.8 Å². The van der Waals surface area contributed by atoms with Crippen LogP contribution in [0, 0.1) is 22.7 Å². The fourth-order valence-electron chi connectivity index (χ4n) is 1.96. The minimum Gasteiger partial charge on any atom is -0.335 e. The van der Waals surface area contributed by atoms with Gasteiger partial charge in [-0.05, 0) is 38.0 Å². The van der Waals surface area contributed by atoms with E-state index >= 15 is 0 Å². The van der Waals surface area contributed by atoms with Gasteiger partial charge < -0.3 is 5.32 Å². The molecule has 2 rings (SSSR count). The Morgan fingerprint density at radius 3 is 2.75 bits per heavy atom. The Hall–Kier alpha value is -1.98. The molecule has 0 bridgehead atoms. The van der Waals surface area contributed by atoms with Crippen LogP contribution in [0.25, 0.3) is 0 Å². The molecule has 1 unspecified atom stereocenters. The molecule has 0 aromatic heterocycles. The van der Waals surface area contributed by atoms with E-state index in [1.54, 1.807) is 30.0 Å². The molecule has 0 saturated heterocycles. The van der Waals surface area contributed by atoms with Crippen LogP contribution < -0.4 is 5.32 Å². The smallest absolute Gasteiger partial charge is 0.161 e. The topological polar surface area (TPSA) is 72.0 Å². The molecule has 1 N–H and O–H groups in total. The predicted octanol–water partition coefficient (Wildman–Crippen LogP) is 3.50. The molecule has 0 radical (unpaired) electrons. The van der Waals surface area contributed by atoms with Crippen molar-refractivity contribution in [2.75, 3.05) is 11.1 Å². The number of benzene rings is 1. The van der Waals surface area contributed by atoms with Gasteiger partial charge >= 0.3 is 0 Å². The van der Waals surface area contributed by atoms with Crippen molar-refractivity contribution in [3.05, 3.63) is 29.3 Å². The van der Waals surface area contributed by atoms with E-state index in [1.807, 2.05) is 12.1 Å². The largest absolute Gasteiger partial charge is 0.335 e. The van der Waals surface area contributed by atoms with Gasteiger partial charge in [-0.1, -0.05) is 18.7 Å². The van der Waals surface area contributed by atoms with E-state index in [9.17, 15) is 0 Å². The van der Waals surface area contributed by atoms with E-state index in [-0.39, 0.29) is 5.54 Å². The zero-order chi connectivity index (χ0) is 14.6. The molecule has 1 aromatic rings. The zero-order valence-corrected chi connectivity index (χ0v) is 12.4. The Bertz CT molecular complexity index is 624. The van der Waals surface area contributed by atoms with Crippen LogP contribution in [-0.2, 0) is 0 Å². The Balaban J connectivity index is 2.23. The molecule has 4 nitrogen and oxygen atoms in total. The van der Waals surface area contributed by atoms with E-state index in [0.29, 0.717) is 11.1 Å². The predicted molar refractivity (Wildman–Crippen MR) is 82.7 cm³/mol. The lowest BCUT2D eigenvalue weighted by Gasteiger charge is -2.29. The fourth-order valence-corrected chi connectivity index (χ4v) is 3.17. The van der Waals surface area contributed by atoms with Crippen molar-refractivity contribution in [1.82, 2.24) is 0 Å². The lowest BCUT2D eigenvalue weighted by molar-refractivity contribution is 0.443. The molecular weight excluding hydrogens is 268 g/mol. The van der Waals surface area contributed by atoms with Gasteiger partial charge in [-0.2, -0.15) is 10.5 Å². The first-order chi connectivity index (χ1) is 9.60. The van der Waals surface area contributed by atoms with Crippen LogP contribution in [0.2, 0.25) is 0 Å². The van der Waals surface area contributed by atoms with Crippen molar-refractivity contribution in [2.45, 2.75) is 32.2 Å². The first-order valence-electron chi connectivity index (χ1n) is 6.54. The van der Waals surface area contributed by atoms with Crippen LogP contribution in [0.15, 0.2) is 23.2 Å². The normalized spacial score (nSPS) is 21.5. The second-order valence-corrected chi connectivity index (χ2v) is 6.06. The maximum absolute atomic E-state index is 9.04. The monoisotopic (exact) mass is 284 g/mol. The minimum atomic E-state index is -0.00175. The van der Waals surface area contributed by atoms with Crippen LogP contribution in [0.1, 0.15) is 37.8 Å². The number of aliphatic imine (C=N–C) groups is 1. The van der Waals surface area contributed by atoms with E-state index in [4.69, 9.17) is 15.5 Å². The lowest BCUT2D eigenvalue weighted by Crippen LogP contribution is -2.29. The quantitative estimate of drug-likeness (QED) is 0.902. The molecule has 0 aliphatic carbocycles. The third-order valence-corrected chi connectivity index (χ3v) is 4.40. The van der Waals surface area contributed by atoms with Crippen molar-refractivity contribution < 1.29 is 0 Å². The number of hydrogen-bond donors (Lipinski definition) is 1. The van der Waals surface area contributed by atoms with Crippen molar-refractivity contribution >= 4 is 22.6 Å². The average molecular weight is 284 g/mol. The molecule has 0 fully saturated rings. The first-order valence-corrected chi connectivity index (χ1v) is 7.53. The number of nitrogens with one attached hydrogen (secondary N) is 1. The molecule has 1 aliphatic rings. The molecule has 0 amide bonds. The maximum Gasteiger partial charge on any atom is 0.161 e. The number of nitrogens with zero attached hydrogens (tertiary/aromatic N) is 3. The van der Waals surface area contributed by atoms with Crippen molar-refractivity contribution in [1.29, 1.82) is 10.5 Å². The Morgan fingerprint density at radius 2 is 2.10 bits per heavy atom. The first kappa shape index (κ1) is 14.4. The van der Waals surface area contributed by atoms with Gasteiger partial charge in [-0.15, -0.1) is 0 Å². The van der Waals surface area contributed by atoms with Gasteiger partial charge in [0.05, 0.1) is 16.7 Å². The Labute approximate surface area is 123 Å². The summed E-state index contributed by atoms with van der Waals surface area (Å²) in [4.78, 5) is 4.75. The molecule has 20 heavy (non-hydrogen) atoms. The third-order valence-electron chi connectivity index (χ3n) is 3.52. The van der Waals surface area contributed by atoms with Crippen molar-refractivity contribution in [3.63, 3.8) is 0 Å². The molecule has 0 saturated carbocycles. The van der Waals surface area contributed by atoms with Gasteiger partial charge in [0, 0.05) is 11.4 Å². The highest BCUT2D eigenvalue weighted by Crippen LogP contribution is 2.30. The number of rotatable bonds is 2. The number of amidine groups is 1. The van der Waals surface area contributed by atoms with Gasteiger partial charge in [0.2, 0.25) is 0 Å². The van der Waals surface area contributed by atoms with E-state index in [1.165, 1.54) is 0 Å². The Morgan fingerprint density at radius 1 is 1.35 bits per heavy atom. The second kappa shape index (κ2) is 5.98. The second-order valence-electron chi connectivity index (χ2n) is 4.97. The number of anilines is 1. The van der Waals surface area contributed by atoms with E-state index < -0.39 is 0 Å². The van der Waals surface area contributed by atoms with Crippen molar-refractivity contribution in [2.24, 2.45) is 4.99 Å². The minimum absolute atomic E-state index is 0.00175. The summed E-state index contributed by atoms with van der Waals surface area (Å²) in [5.41, 5.74) is 1.58. The standard InChI is InChI=1S/C15H16N4S/c1-3-15(2)6-7-20-14(19-15)18-13-5-4-11(9-16)12(8-13)10-17/h4-5,8H,3,6-7H2,1-2H3,(H,18,19). The molecule has 0 spiro atoms. The molecule has 1 atom stereocenters. The van der Waals surface area contributed by atoms with Gasteiger partial charge in [-0.25, -0.2) is 0 Å². The van der Waals surface area contributed by atoms with Crippen LogP contribution in [0.5, 0.6) is 0 Å². The van der Waals surface area contributed by atoms with Gasteiger partial charge in [0.1, 0.15) is 12.1 Å². The molecule has 1 aliphatic heterocycles. The summed E-state index contributed by atoms with van der Waals surface area (Å²) in [6, 6.07) is 9.22. The highest BCUT2D eigenvalue weighted by molar-refractivity contribution is 8.14. The highest BCUT2D eigenvalue weighted by Gasteiger charge is 2.25. The maximum atomic E-state index is 9.04. The summed E-state index contributed by atoms with van der Waals surface area (Å²) >= 11 is 1.69. The van der Waals surface area contributed by atoms with Crippen LogP contribution in [0.3, 0.4) is 0 Å². The summed E-state index contributed by atoms with van der Waals surface area (Å²) < 4.78 is 0. The molecule has 1 heterocycles. The van der Waals surface area contributed by atoms with Crippen LogP contribution in [-0.4, -0.2) is 16.5 Å². The average Bonchev–Trinajstić information content (AvgIpc) is 2.47. The summed E-state index contributed by atoms with van der Waals surface area (Å²) in [5, 5.41) is 22.1. The zero-order valence-electron chi connectivity index (χ0n) is 11.6. The van der Waals surface area contributed by atoms with Gasteiger partial charge in [-0.3, -0.25) is 4.99 Å². The molecular formula is C15H16N4S. The summed E-state index contributed by atoms with van der Waals surface area (Å²) in [7, 11) is 0. The molecule has 5 heteroatoms. The van der Waals surface area contributed by atoms with Crippen molar-refractivity contribution in [3.8, 4) is 12.1 Å². The number of hydrogen-bond acceptors (Lipinski definition) is 5. The van der Waals surface area contributed by atoms with E-state index in [2.05, 4.69) is 19.2 Å². The van der Waals surface area contributed by atoms with Gasteiger partial charge in [0.15, 0.2) is 5.17 Å². The molecule has 1 aromatic carbocycles. The SMILES string of the molecule is CCC1(C)CCSC(Nc2ccc(C#N)c(C#N)c2)=N1. The Kier molecular flexibility index (Phi) is 4.32.